The number of nitro groups is 1. The fourth-order valence-electron chi connectivity index (χ4n) is 6.59. The number of nitro benzene ring substituents is 1. The average molecular weight is 598 g/mol. The molecule has 1 aromatic heterocycles. The van der Waals surface area contributed by atoms with Gasteiger partial charge in [0.2, 0.25) is 11.8 Å². The van der Waals surface area contributed by atoms with Crippen molar-refractivity contribution in [3.05, 3.63) is 105 Å². The molecule has 2 aromatic carbocycles. The SMILES string of the molecule is CCCC1=C([C@H](O)CC/C(=C/c2cccc(O)c2)c2ccccn2)[C@H](CO)[C@@H]2C(=O)N(c3cccc([N+](=O)[O-])c3)C(=O)[C@@H]2C1. The van der Waals surface area contributed by atoms with Crippen LogP contribution in [0.25, 0.3) is 11.6 Å². The molecule has 3 aromatic rings. The summed E-state index contributed by atoms with van der Waals surface area (Å²) in [7, 11) is 0. The number of phenolic OH excluding ortho intramolecular Hbond substituents is 1. The number of rotatable bonds is 11. The average Bonchev–Trinajstić information content (AvgIpc) is 3.27. The number of non-ortho nitro benzene ring substituents is 1. The van der Waals surface area contributed by atoms with Crippen LogP contribution in [0.15, 0.2) is 84.1 Å². The monoisotopic (exact) mass is 597 g/mol. The van der Waals surface area contributed by atoms with Crippen LogP contribution in [0.4, 0.5) is 11.4 Å². The highest BCUT2D eigenvalue weighted by Gasteiger charge is 2.55. The standard InChI is InChI=1S/C34H35N3O7/c1-2-7-23-18-27-32(34(42)36(33(27)41)24-9-6-10-25(19-24)37(43)44)28(20-38)31(23)30(40)14-13-22(29-12-3-4-15-35-29)16-21-8-5-11-26(39)17-21/h3-6,8-12,15-17,19,27-28,30,32,38-40H,2,7,13-14,18,20H2,1H3/b22-16-/t27-,28+,30-,32-/m1/s1. The molecule has 2 amide bonds. The van der Waals surface area contributed by atoms with E-state index in [9.17, 15) is 35.0 Å². The lowest BCUT2D eigenvalue weighted by Gasteiger charge is -2.36. The first-order chi connectivity index (χ1) is 21.2. The normalized spacial score (nSPS) is 21.0. The predicted molar refractivity (Wildman–Crippen MR) is 165 cm³/mol. The summed E-state index contributed by atoms with van der Waals surface area (Å²) in [6, 6.07) is 17.8. The van der Waals surface area contributed by atoms with E-state index in [1.54, 1.807) is 24.4 Å². The van der Waals surface area contributed by atoms with E-state index in [1.165, 1.54) is 24.3 Å². The van der Waals surface area contributed by atoms with Gasteiger partial charge in [-0.05, 0) is 78.8 Å². The molecule has 44 heavy (non-hydrogen) atoms. The Morgan fingerprint density at radius 3 is 2.59 bits per heavy atom. The summed E-state index contributed by atoms with van der Waals surface area (Å²) in [5, 5.41) is 43.7. The molecule has 0 unspecified atom stereocenters. The van der Waals surface area contributed by atoms with Gasteiger partial charge < -0.3 is 15.3 Å². The minimum absolute atomic E-state index is 0.122. The molecule has 5 rings (SSSR count). The molecular weight excluding hydrogens is 562 g/mol. The van der Waals surface area contributed by atoms with E-state index in [1.807, 2.05) is 37.3 Å². The molecule has 1 aliphatic heterocycles. The first-order valence-corrected chi connectivity index (χ1v) is 14.8. The molecule has 1 saturated heterocycles. The maximum atomic E-state index is 13.8. The van der Waals surface area contributed by atoms with Crippen LogP contribution in [0, 0.1) is 27.9 Å². The lowest BCUT2D eigenvalue weighted by atomic mass is 9.67. The summed E-state index contributed by atoms with van der Waals surface area (Å²) in [5.74, 6) is -3.25. The molecule has 0 saturated carbocycles. The summed E-state index contributed by atoms with van der Waals surface area (Å²) < 4.78 is 0. The van der Waals surface area contributed by atoms with Gasteiger partial charge in [-0.1, -0.05) is 43.2 Å². The molecule has 2 aliphatic rings. The first kappa shape index (κ1) is 30.8. The maximum absolute atomic E-state index is 13.8. The Hall–Kier alpha value is -4.67. The number of carbonyl (C=O) groups excluding carboxylic acids is 2. The second kappa shape index (κ2) is 13.3. The minimum atomic E-state index is -0.999. The number of carbonyl (C=O) groups is 2. The zero-order valence-electron chi connectivity index (χ0n) is 24.4. The number of imide groups is 1. The van der Waals surface area contributed by atoms with E-state index < -0.39 is 47.2 Å². The van der Waals surface area contributed by atoms with Crippen molar-refractivity contribution in [3.63, 3.8) is 0 Å². The van der Waals surface area contributed by atoms with Gasteiger partial charge in [0.15, 0.2) is 0 Å². The molecule has 1 fully saturated rings. The van der Waals surface area contributed by atoms with Gasteiger partial charge in [0.25, 0.3) is 5.69 Å². The number of hydrogen-bond acceptors (Lipinski definition) is 8. The fourth-order valence-corrected chi connectivity index (χ4v) is 6.59. The molecular formula is C34H35N3O7. The Bertz CT molecular complexity index is 1620. The van der Waals surface area contributed by atoms with Gasteiger partial charge in [0, 0.05) is 24.2 Å². The van der Waals surface area contributed by atoms with Crippen molar-refractivity contribution >= 4 is 34.8 Å². The molecule has 0 bridgehead atoms. The van der Waals surface area contributed by atoms with E-state index in [0.29, 0.717) is 18.4 Å². The number of nitrogens with zero attached hydrogens (tertiary/aromatic N) is 3. The van der Waals surface area contributed by atoms with Crippen molar-refractivity contribution in [2.75, 3.05) is 11.5 Å². The van der Waals surface area contributed by atoms with Gasteiger partial charge >= 0.3 is 0 Å². The van der Waals surface area contributed by atoms with Crippen molar-refractivity contribution in [2.24, 2.45) is 17.8 Å². The number of aliphatic hydroxyl groups excluding tert-OH is 2. The topological polar surface area (TPSA) is 154 Å². The van der Waals surface area contributed by atoms with Crippen molar-refractivity contribution in [3.8, 4) is 5.75 Å². The number of amides is 2. The van der Waals surface area contributed by atoms with Crippen LogP contribution in [-0.2, 0) is 9.59 Å². The van der Waals surface area contributed by atoms with E-state index in [2.05, 4.69) is 4.98 Å². The summed E-state index contributed by atoms with van der Waals surface area (Å²) >= 11 is 0. The third-order valence-electron chi connectivity index (χ3n) is 8.48. The number of aromatic nitrogens is 1. The smallest absolute Gasteiger partial charge is 0.271 e. The minimum Gasteiger partial charge on any atom is -0.508 e. The maximum Gasteiger partial charge on any atom is 0.271 e. The number of allylic oxidation sites excluding steroid dienone is 2. The molecule has 10 nitrogen and oxygen atoms in total. The number of fused-ring (bicyclic) bond motifs is 1. The molecule has 4 atom stereocenters. The zero-order valence-corrected chi connectivity index (χ0v) is 24.4. The molecule has 1 aliphatic carbocycles. The predicted octanol–water partition coefficient (Wildman–Crippen LogP) is 5.29. The number of aliphatic hydroxyl groups is 2. The summed E-state index contributed by atoms with van der Waals surface area (Å²) in [4.78, 5) is 43.7. The highest BCUT2D eigenvalue weighted by molar-refractivity contribution is 6.22. The van der Waals surface area contributed by atoms with Crippen molar-refractivity contribution in [1.29, 1.82) is 0 Å². The van der Waals surface area contributed by atoms with Crippen LogP contribution in [-0.4, -0.2) is 49.8 Å². The Balaban J connectivity index is 1.45. The number of phenols is 1. The number of anilines is 1. The molecule has 228 valence electrons. The number of benzene rings is 2. The van der Waals surface area contributed by atoms with Gasteiger partial charge in [-0.25, -0.2) is 4.90 Å². The molecule has 2 heterocycles. The zero-order chi connectivity index (χ0) is 31.4. The van der Waals surface area contributed by atoms with Crippen LogP contribution in [0.5, 0.6) is 5.75 Å². The highest BCUT2D eigenvalue weighted by atomic mass is 16.6. The largest absolute Gasteiger partial charge is 0.508 e. The van der Waals surface area contributed by atoms with Crippen LogP contribution in [0.2, 0.25) is 0 Å². The molecule has 0 spiro atoms. The van der Waals surface area contributed by atoms with E-state index >= 15 is 0 Å². The Labute approximate surface area is 255 Å². The third kappa shape index (κ3) is 6.17. The van der Waals surface area contributed by atoms with Gasteiger partial charge in [-0.3, -0.25) is 24.7 Å². The lowest BCUT2D eigenvalue weighted by molar-refractivity contribution is -0.384. The van der Waals surface area contributed by atoms with E-state index in [-0.39, 0.29) is 30.0 Å². The van der Waals surface area contributed by atoms with Gasteiger partial charge in [0.1, 0.15) is 5.75 Å². The second-order valence-corrected chi connectivity index (χ2v) is 11.3. The quantitative estimate of drug-likeness (QED) is 0.117. The third-order valence-corrected chi connectivity index (χ3v) is 8.48. The van der Waals surface area contributed by atoms with Gasteiger partial charge in [-0.15, -0.1) is 0 Å². The van der Waals surface area contributed by atoms with Crippen molar-refractivity contribution < 1.29 is 29.8 Å². The Morgan fingerprint density at radius 2 is 1.91 bits per heavy atom. The lowest BCUT2D eigenvalue weighted by Crippen LogP contribution is -2.39. The summed E-state index contributed by atoms with van der Waals surface area (Å²) in [5.41, 5.74) is 3.67. The fraction of sp³-hybridized carbons (Fsp3) is 0.324. The second-order valence-electron chi connectivity index (χ2n) is 11.3. The van der Waals surface area contributed by atoms with Crippen LogP contribution >= 0.6 is 0 Å². The van der Waals surface area contributed by atoms with Crippen LogP contribution in [0.3, 0.4) is 0 Å². The van der Waals surface area contributed by atoms with Crippen molar-refractivity contribution in [1.82, 2.24) is 4.98 Å². The number of hydrogen-bond donors (Lipinski definition) is 3. The molecule has 0 radical (unpaired) electrons. The highest BCUT2D eigenvalue weighted by Crippen LogP contribution is 2.48. The van der Waals surface area contributed by atoms with Gasteiger partial charge in [0.05, 0.1) is 40.9 Å². The molecule has 3 N–H and O–H groups in total. The Morgan fingerprint density at radius 1 is 1.11 bits per heavy atom. The first-order valence-electron chi connectivity index (χ1n) is 14.8. The van der Waals surface area contributed by atoms with E-state index in [4.69, 9.17) is 0 Å². The Kier molecular flexibility index (Phi) is 9.32. The van der Waals surface area contributed by atoms with Crippen LogP contribution in [0.1, 0.15) is 50.3 Å². The molecule has 10 heteroatoms. The summed E-state index contributed by atoms with van der Waals surface area (Å²) in [6.45, 7) is 1.56. The van der Waals surface area contributed by atoms with Crippen molar-refractivity contribution in [2.45, 2.75) is 45.1 Å². The van der Waals surface area contributed by atoms with E-state index in [0.717, 1.165) is 33.7 Å². The van der Waals surface area contributed by atoms with Crippen LogP contribution < -0.4 is 4.90 Å². The number of pyridine rings is 1. The number of aromatic hydroxyl groups is 1. The van der Waals surface area contributed by atoms with Gasteiger partial charge in [-0.2, -0.15) is 0 Å². The summed E-state index contributed by atoms with van der Waals surface area (Å²) in [6.07, 6.45) is 4.88.